The number of rotatable bonds is 4. The molecule has 4 aromatic rings. The van der Waals surface area contributed by atoms with E-state index >= 15 is 0 Å². The molecule has 0 amide bonds. The van der Waals surface area contributed by atoms with E-state index in [1.807, 2.05) is 0 Å². The third-order valence-electron chi connectivity index (χ3n) is 4.43. The van der Waals surface area contributed by atoms with Gasteiger partial charge in [0.25, 0.3) is 0 Å². The molecule has 2 heteroatoms. The second-order valence-electron chi connectivity index (χ2n) is 5.98. The van der Waals surface area contributed by atoms with Crippen LogP contribution < -0.4 is 0 Å². The molecule has 0 aliphatic carbocycles. The minimum Gasteiger partial charge on any atom is -0.299 e. The van der Waals surface area contributed by atoms with Gasteiger partial charge in [0.15, 0.2) is 0 Å². The number of para-hydroxylation sites is 2. The number of aromatic nitrogens is 2. The van der Waals surface area contributed by atoms with Crippen LogP contribution in [0, 0.1) is 0 Å². The molecule has 0 spiro atoms. The number of pyridine rings is 1. The van der Waals surface area contributed by atoms with E-state index in [9.17, 15) is 0 Å². The molecule has 0 fully saturated rings. The number of aryl methyl sites for hydroxylation is 1. The fourth-order valence-corrected chi connectivity index (χ4v) is 3.26. The van der Waals surface area contributed by atoms with Crippen LogP contribution in [0.1, 0.15) is 25.3 Å². The zero-order valence-corrected chi connectivity index (χ0v) is 13.4. The van der Waals surface area contributed by atoms with Crippen molar-refractivity contribution in [3.63, 3.8) is 0 Å². The number of fused-ring (bicyclic) bond motifs is 3. The van der Waals surface area contributed by atoms with E-state index < -0.39 is 0 Å². The van der Waals surface area contributed by atoms with Crippen LogP contribution in [0.15, 0.2) is 66.9 Å². The quantitative estimate of drug-likeness (QED) is 0.486. The summed E-state index contributed by atoms with van der Waals surface area (Å²) < 4.78 is 2.22. The van der Waals surface area contributed by atoms with Gasteiger partial charge in [0, 0.05) is 11.8 Å². The Kier molecular flexibility index (Phi) is 3.58. The van der Waals surface area contributed by atoms with Crippen LogP contribution in [-0.4, -0.2) is 9.38 Å². The zero-order chi connectivity index (χ0) is 15.6. The van der Waals surface area contributed by atoms with Crippen LogP contribution >= 0.6 is 0 Å². The summed E-state index contributed by atoms with van der Waals surface area (Å²) in [6.45, 7) is 2.24. The maximum absolute atomic E-state index is 4.92. The van der Waals surface area contributed by atoms with E-state index in [-0.39, 0.29) is 0 Å². The van der Waals surface area contributed by atoms with Gasteiger partial charge in [0.05, 0.1) is 11.0 Å². The van der Waals surface area contributed by atoms with Crippen molar-refractivity contribution < 1.29 is 0 Å². The molecule has 2 aromatic carbocycles. The standard InChI is InChI=1S/C21H20N2/c1-2-3-9-17-14-15-23-19-13-8-7-12-18(19)22-21(23)20(17)16-10-5-4-6-11-16/h4-8,10-15H,2-3,9H2,1H3. The molecule has 2 aromatic heterocycles. The average Bonchev–Trinajstić information content (AvgIpc) is 2.98. The molecule has 0 radical (unpaired) electrons. The Morgan fingerprint density at radius 3 is 2.52 bits per heavy atom. The maximum atomic E-state index is 4.92. The van der Waals surface area contributed by atoms with Gasteiger partial charge in [-0.05, 0) is 42.2 Å². The summed E-state index contributed by atoms with van der Waals surface area (Å²) in [5.41, 5.74) is 7.20. The topological polar surface area (TPSA) is 17.3 Å². The van der Waals surface area contributed by atoms with Gasteiger partial charge in [-0.25, -0.2) is 4.98 Å². The van der Waals surface area contributed by atoms with Crippen LogP contribution in [0.5, 0.6) is 0 Å². The van der Waals surface area contributed by atoms with Crippen LogP contribution in [0.4, 0.5) is 0 Å². The highest BCUT2D eigenvalue weighted by Crippen LogP contribution is 2.31. The van der Waals surface area contributed by atoms with Crippen LogP contribution in [0.25, 0.3) is 27.8 Å². The summed E-state index contributed by atoms with van der Waals surface area (Å²) in [5.74, 6) is 0. The molecule has 0 atom stereocenters. The lowest BCUT2D eigenvalue weighted by Crippen LogP contribution is -1.96. The zero-order valence-electron chi connectivity index (χ0n) is 13.4. The summed E-state index contributed by atoms with van der Waals surface area (Å²) in [7, 11) is 0. The number of nitrogens with zero attached hydrogens (tertiary/aromatic N) is 2. The van der Waals surface area contributed by atoms with E-state index in [1.165, 1.54) is 35.0 Å². The first-order chi connectivity index (χ1) is 11.4. The van der Waals surface area contributed by atoms with Gasteiger partial charge in [-0.15, -0.1) is 0 Å². The van der Waals surface area contributed by atoms with Gasteiger partial charge in [-0.3, -0.25) is 4.40 Å². The second kappa shape index (κ2) is 5.88. The lowest BCUT2D eigenvalue weighted by atomic mass is 9.97. The second-order valence-corrected chi connectivity index (χ2v) is 5.98. The summed E-state index contributed by atoms with van der Waals surface area (Å²) >= 11 is 0. The number of hydrogen-bond acceptors (Lipinski definition) is 1. The molecular formula is C21H20N2. The van der Waals surface area contributed by atoms with Crippen molar-refractivity contribution in [2.24, 2.45) is 0 Å². The third-order valence-corrected chi connectivity index (χ3v) is 4.43. The number of hydrogen-bond donors (Lipinski definition) is 0. The normalized spacial score (nSPS) is 11.3. The van der Waals surface area contributed by atoms with Gasteiger partial charge >= 0.3 is 0 Å². The Morgan fingerprint density at radius 1 is 0.913 bits per heavy atom. The van der Waals surface area contributed by atoms with Crippen LogP contribution in [0.3, 0.4) is 0 Å². The van der Waals surface area contributed by atoms with Crippen molar-refractivity contribution in [1.29, 1.82) is 0 Å². The Morgan fingerprint density at radius 2 is 1.70 bits per heavy atom. The van der Waals surface area contributed by atoms with Crippen LogP contribution in [-0.2, 0) is 6.42 Å². The summed E-state index contributed by atoms with van der Waals surface area (Å²) in [6.07, 6.45) is 5.68. The van der Waals surface area contributed by atoms with E-state index in [1.54, 1.807) is 0 Å². The van der Waals surface area contributed by atoms with E-state index in [2.05, 4.69) is 78.2 Å². The highest BCUT2D eigenvalue weighted by Gasteiger charge is 2.14. The molecule has 0 N–H and O–H groups in total. The van der Waals surface area contributed by atoms with Crippen molar-refractivity contribution in [2.45, 2.75) is 26.2 Å². The SMILES string of the molecule is CCCCc1ccn2c(nc3ccccc32)c1-c1ccccc1. The molecule has 23 heavy (non-hydrogen) atoms. The van der Waals surface area contributed by atoms with Crippen molar-refractivity contribution in [3.8, 4) is 11.1 Å². The smallest absolute Gasteiger partial charge is 0.146 e. The van der Waals surface area contributed by atoms with Crippen molar-refractivity contribution >= 4 is 16.7 Å². The minimum atomic E-state index is 1.05. The minimum absolute atomic E-state index is 1.05. The molecule has 2 heterocycles. The monoisotopic (exact) mass is 300 g/mol. The van der Waals surface area contributed by atoms with Crippen LogP contribution in [0.2, 0.25) is 0 Å². The Balaban J connectivity index is 2.04. The average molecular weight is 300 g/mol. The van der Waals surface area contributed by atoms with Crippen molar-refractivity contribution in [3.05, 3.63) is 72.4 Å². The van der Waals surface area contributed by atoms with Gasteiger partial charge in [0.1, 0.15) is 5.65 Å². The molecule has 4 rings (SSSR count). The number of benzene rings is 2. The predicted molar refractivity (Wildman–Crippen MR) is 96.7 cm³/mol. The van der Waals surface area contributed by atoms with Gasteiger partial charge in [0.2, 0.25) is 0 Å². The molecule has 0 aliphatic rings. The highest BCUT2D eigenvalue weighted by atomic mass is 15.0. The lowest BCUT2D eigenvalue weighted by molar-refractivity contribution is 0.795. The molecule has 0 aliphatic heterocycles. The number of unbranched alkanes of at least 4 members (excludes halogenated alkanes) is 1. The third kappa shape index (κ3) is 2.40. The van der Waals surface area contributed by atoms with Crippen molar-refractivity contribution in [1.82, 2.24) is 9.38 Å². The summed E-state index contributed by atoms with van der Waals surface area (Å²) in [4.78, 5) is 4.92. The molecule has 2 nitrogen and oxygen atoms in total. The Bertz CT molecular complexity index is 952. The Hall–Kier alpha value is -2.61. The number of imidazole rings is 1. The first-order valence-electron chi connectivity index (χ1n) is 8.32. The fraction of sp³-hybridized carbons (Fsp3) is 0.190. The molecule has 114 valence electrons. The fourth-order valence-electron chi connectivity index (χ4n) is 3.26. The molecule has 0 unspecified atom stereocenters. The molecule has 0 saturated heterocycles. The summed E-state index contributed by atoms with van der Waals surface area (Å²) in [6, 6.07) is 21.2. The molecular weight excluding hydrogens is 280 g/mol. The van der Waals surface area contributed by atoms with Gasteiger partial charge in [-0.1, -0.05) is 55.8 Å². The molecule has 0 bridgehead atoms. The van der Waals surface area contributed by atoms with E-state index in [0.717, 1.165) is 17.6 Å². The lowest BCUT2D eigenvalue weighted by Gasteiger charge is -2.11. The summed E-state index contributed by atoms with van der Waals surface area (Å²) in [5, 5.41) is 0. The van der Waals surface area contributed by atoms with E-state index in [0.29, 0.717) is 0 Å². The predicted octanol–water partition coefficient (Wildman–Crippen LogP) is 5.50. The van der Waals surface area contributed by atoms with Gasteiger partial charge < -0.3 is 0 Å². The molecule has 0 saturated carbocycles. The first-order valence-corrected chi connectivity index (χ1v) is 8.32. The van der Waals surface area contributed by atoms with Gasteiger partial charge in [-0.2, -0.15) is 0 Å². The Labute approximate surface area is 136 Å². The maximum Gasteiger partial charge on any atom is 0.146 e. The van der Waals surface area contributed by atoms with Crippen molar-refractivity contribution in [2.75, 3.05) is 0 Å². The first kappa shape index (κ1) is 14.0. The van der Waals surface area contributed by atoms with E-state index in [4.69, 9.17) is 4.98 Å². The largest absolute Gasteiger partial charge is 0.299 e. The highest BCUT2D eigenvalue weighted by molar-refractivity contribution is 5.89.